The molecule has 4 saturated heterocycles. The summed E-state index contributed by atoms with van der Waals surface area (Å²) < 4.78 is 101. The van der Waals surface area contributed by atoms with Gasteiger partial charge in [-0.1, -0.05) is 0 Å². The maximum atomic E-state index is 13.1. The number of esters is 2. The van der Waals surface area contributed by atoms with Crippen LogP contribution in [-0.4, -0.2) is 144 Å². The average Bonchev–Trinajstić information content (AvgIpc) is 3.37. The van der Waals surface area contributed by atoms with E-state index in [1.165, 1.54) is 0 Å². The van der Waals surface area contributed by atoms with Crippen molar-refractivity contribution in [3.8, 4) is 0 Å². The van der Waals surface area contributed by atoms with E-state index in [0.29, 0.717) is 10.1 Å². The number of hydroxylamine groups is 4. The fraction of sp³-hybridized carbons (Fsp3) is 0.727. The number of nitrogens with two attached hydrogens (primary N) is 2. The first-order valence-electron chi connectivity index (χ1n) is 14.0. The van der Waals surface area contributed by atoms with Crippen molar-refractivity contribution in [2.75, 3.05) is 38.8 Å². The number of fused-ring (bicyclic) bond motifs is 4. The highest BCUT2D eigenvalue weighted by molar-refractivity contribution is 7.90. The van der Waals surface area contributed by atoms with Crippen LogP contribution in [0.5, 0.6) is 0 Å². The lowest BCUT2D eigenvalue weighted by Gasteiger charge is -2.29. The van der Waals surface area contributed by atoms with Crippen molar-refractivity contribution in [1.82, 2.24) is 19.9 Å². The first-order chi connectivity index (χ1) is 21.9. The van der Waals surface area contributed by atoms with E-state index < -0.39 is 115 Å². The van der Waals surface area contributed by atoms with Crippen LogP contribution in [0, 0.1) is 0 Å². The van der Waals surface area contributed by atoms with Gasteiger partial charge in [0.1, 0.15) is 11.7 Å². The van der Waals surface area contributed by atoms with Crippen LogP contribution in [0.1, 0.15) is 38.5 Å². The van der Waals surface area contributed by atoms with Crippen molar-refractivity contribution < 1.29 is 62.5 Å². The Hall–Kier alpha value is -3.81. The molecule has 0 aliphatic carbocycles. The standard InChI is InChI=1S/C22H34N8O14S3/c1-41-17(31)7-9-45(35,36)25-19(23)15-5-3-13-11-27(15)21(33)29(13)43-47(39,40)44-30-14-4-6-16(28(12-14)22(30)34)20(24)26-46(37,38)10-8-18(32)42-2/h13-16H,3-12H2,1-2H3,(H2,23,25)(H2,24,26). The van der Waals surface area contributed by atoms with Crippen LogP contribution in [0.15, 0.2) is 8.80 Å². The molecule has 0 spiro atoms. The third-order valence-electron chi connectivity index (χ3n) is 7.74. The molecule has 0 saturated carbocycles. The molecule has 4 unspecified atom stereocenters. The maximum absolute atomic E-state index is 13.1. The Morgan fingerprint density at radius 2 is 1.06 bits per heavy atom. The maximum Gasteiger partial charge on any atom is 0.442 e. The van der Waals surface area contributed by atoms with Gasteiger partial charge in [-0.2, -0.15) is 18.5 Å². The molecule has 4 aliphatic heterocycles. The Morgan fingerprint density at radius 3 is 1.40 bits per heavy atom. The van der Waals surface area contributed by atoms with Gasteiger partial charge in [-0.15, -0.1) is 17.4 Å². The number of amidine groups is 2. The topological polar surface area (TPSA) is 297 Å². The van der Waals surface area contributed by atoms with Gasteiger partial charge in [0.25, 0.3) is 20.0 Å². The summed E-state index contributed by atoms with van der Waals surface area (Å²) in [5.74, 6) is -3.80. The molecular formula is C22H34N8O14S3. The van der Waals surface area contributed by atoms with Crippen LogP contribution < -0.4 is 11.5 Å². The first-order valence-corrected chi connectivity index (χ1v) is 18.6. The number of carbonyl (C=O) groups excluding carboxylic acids is 4. The molecule has 25 heteroatoms. The number of amides is 4. The second-order valence-corrected chi connectivity index (χ2v) is 15.5. The van der Waals surface area contributed by atoms with Crippen molar-refractivity contribution in [3.05, 3.63) is 0 Å². The highest BCUT2D eigenvalue weighted by Crippen LogP contribution is 2.34. The fourth-order valence-corrected chi connectivity index (χ4v) is 8.16. The number of methoxy groups -OCH3 is 2. The summed E-state index contributed by atoms with van der Waals surface area (Å²) in [5, 5.41) is 1.04. The molecule has 47 heavy (non-hydrogen) atoms. The number of hydrogen-bond donors (Lipinski definition) is 2. The van der Waals surface area contributed by atoms with E-state index in [4.69, 9.17) is 20.0 Å². The normalized spacial score (nSPS) is 25.4. The predicted molar refractivity (Wildman–Crippen MR) is 157 cm³/mol. The van der Waals surface area contributed by atoms with Gasteiger partial charge in [0.05, 0.1) is 62.7 Å². The quantitative estimate of drug-likeness (QED) is 0.103. The zero-order valence-electron chi connectivity index (χ0n) is 25.2. The predicted octanol–water partition coefficient (Wildman–Crippen LogP) is -2.87. The van der Waals surface area contributed by atoms with Crippen LogP contribution in [0.25, 0.3) is 0 Å². The summed E-state index contributed by atoms with van der Waals surface area (Å²) in [6, 6.07) is -5.63. The van der Waals surface area contributed by atoms with Gasteiger partial charge in [0.2, 0.25) is 0 Å². The number of rotatable bonds is 14. The summed E-state index contributed by atoms with van der Waals surface area (Å²) in [6.45, 7) is -0.196. The van der Waals surface area contributed by atoms with E-state index >= 15 is 0 Å². The summed E-state index contributed by atoms with van der Waals surface area (Å²) in [4.78, 5) is 51.0. The molecule has 4 fully saturated rings. The Morgan fingerprint density at radius 1 is 0.702 bits per heavy atom. The zero-order valence-corrected chi connectivity index (χ0v) is 27.6. The summed E-state index contributed by atoms with van der Waals surface area (Å²) >= 11 is 0. The number of carbonyl (C=O) groups is 4. The molecule has 0 radical (unpaired) electrons. The summed E-state index contributed by atoms with van der Waals surface area (Å²) in [7, 11) is -11.3. The molecule has 22 nitrogen and oxygen atoms in total. The fourth-order valence-electron chi connectivity index (χ4n) is 5.45. The Bertz CT molecular complexity index is 1570. The van der Waals surface area contributed by atoms with Gasteiger partial charge in [-0.05, 0) is 25.7 Å². The molecule has 264 valence electrons. The second kappa shape index (κ2) is 13.7. The van der Waals surface area contributed by atoms with Crippen molar-refractivity contribution in [3.63, 3.8) is 0 Å². The van der Waals surface area contributed by atoms with Crippen LogP contribution in [0.4, 0.5) is 9.59 Å². The number of urea groups is 2. The highest BCUT2D eigenvalue weighted by Gasteiger charge is 2.52. The smallest absolute Gasteiger partial charge is 0.442 e. The van der Waals surface area contributed by atoms with E-state index in [-0.39, 0.29) is 38.8 Å². The number of hydrogen-bond acceptors (Lipinski definition) is 14. The van der Waals surface area contributed by atoms with Gasteiger partial charge >= 0.3 is 34.4 Å². The molecule has 4 bridgehead atoms. The SMILES string of the molecule is COC(=O)CCS(=O)(=O)/N=C(\N)C1CCC2CN1C(=O)N2OS(=O)(=O)ON1C(=O)N2CC1CCC2/C(N)=N/S(=O)(=O)CCC(=O)OC. The van der Waals surface area contributed by atoms with Crippen molar-refractivity contribution >= 4 is 66.1 Å². The molecule has 4 amide bonds. The molecule has 4 heterocycles. The van der Waals surface area contributed by atoms with Gasteiger partial charge in [0, 0.05) is 13.1 Å². The minimum atomic E-state index is -5.11. The van der Waals surface area contributed by atoms with Crippen LogP contribution in [0.3, 0.4) is 0 Å². The van der Waals surface area contributed by atoms with E-state index in [2.05, 4.69) is 18.3 Å². The minimum absolute atomic E-state index is 0.0979. The Kier molecular flexibility index (Phi) is 10.5. The monoisotopic (exact) mass is 730 g/mol. The third-order valence-corrected chi connectivity index (χ3v) is 10.8. The molecule has 4 aliphatic rings. The first kappa shape index (κ1) is 36.0. The Balaban J connectivity index is 1.39. The van der Waals surface area contributed by atoms with Gasteiger partial charge in [0.15, 0.2) is 0 Å². The molecule has 0 aromatic rings. The van der Waals surface area contributed by atoms with Crippen LogP contribution in [-0.2, 0) is 58.1 Å². The van der Waals surface area contributed by atoms with E-state index in [1.54, 1.807) is 0 Å². The molecule has 4 rings (SSSR count). The molecule has 0 aromatic carbocycles. The van der Waals surface area contributed by atoms with E-state index in [1.807, 2.05) is 0 Å². The molecule has 4 N–H and O–H groups in total. The lowest BCUT2D eigenvalue weighted by Crippen LogP contribution is -2.48. The Labute approximate surface area is 269 Å². The largest absolute Gasteiger partial charge is 0.469 e. The lowest BCUT2D eigenvalue weighted by molar-refractivity contribution is -0.141. The van der Waals surface area contributed by atoms with Crippen molar-refractivity contribution in [2.24, 2.45) is 20.3 Å². The van der Waals surface area contributed by atoms with Crippen LogP contribution in [0.2, 0.25) is 0 Å². The number of nitrogens with zero attached hydrogens (tertiary/aromatic N) is 6. The lowest BCUT2D eigenvalue weighted by atomic mass is 10.0. The van der Waals surface area contributed by atoms with Gasteiger partial charge < -0.3 is 30.7 Å². The third kappa shape index (κ3) is 8.38. The number of ether oxygens (including phenoxy) is 2. The highest BCUT2D eigenvalue weighted by atomic mass is 32.3. The van der Waals surface area contributed by atoms with E-state index in [0.717, 1.165) is 24.0 Å². The van der Waals surface area contributed by atoms with Crippen LogP contribution >= 0.6 is 0 Å². The van der Waals surface area contributed by atoms with Gasteiger partial charge in [-0.3, -0.25) is 9.59 Å². The van der Waals surface area contributed by atoms with Crippen molar-refractivity contribution in [1.29, 1.82) is 0 Å². The summed E-state index contributed by atoms with van der Waals surface area (Å²) in [6.07, 6.45) is -0.479. The summed E-state index contributed by atoms with van der Waals surface area (Å²) in [5.41, 5.74) is 11.8. The van der Waals surface area contributed by atoms with Crippen molar-refractivity contribution in [2.45, 2.75) is 62.7 Å². The number of sulfonamides is 2. The minimum Gasteiger partial charge on any atom is -0.469 e. The average molecular weight is 731 g/mol. The zero-order chi connectivity index (χ0) is 34.9. The molecular weight excluding hydrogens is 696 g/mol. The number of piperidine rings is 2. The molecule has 4 atom stereocenters. The van der Waals surface area contributed by atoms with E-state index in [9.17, 15) is 44.4 Å². The second-order valence-electron chi connectivity index (χ2n) is 10.8. The molecule has 0 aromatic heterocycles. The van der Waals surface area contributed by atoms with Gasteiger partial charge in [-0.25, -0.2) is 26.4 Å².